The zero-order chi connectivity index (χ0) is 10.7. The molecule has 0 aliphatic heterocycles. The third kappa shape index (κ3) is 1.56. The minimum atomic E-state index is -0.779. The lowest BCUT2D eigenvalue weighted by atomic mass is 10.2. The van der Waals surface area contributed by atoms with Crippen molar-refractivity contribution in [3.8, 4) is 17.6 Å². The number of ether oxygens (including phenoxy) is 1. The minimum absolute atomic E-state index is 0.158. The summed E-state index contributed by atoms with van der Waals surface area (Å²) >= 11 is 0. The number of benzene rings is 1. The molecule has 1 aromatic carbocycles. The lowest BCUT2D eigenvalue weighted by Crippen LogP contribution is -1.93. The van der Waals surface area contributed by atoms with Gasteiger partial charge in [0.2, 0.25) is 5.75 Å². The van der Waals surface area contributed by atoms with Crippen LogP contribution in [0.25, 0.3) is 0 Å². The van der Waals surface area contributed by atoms with Gasteiger partial charge in [-0.05, 0) is 0 Å². The van der Waals surface area contributed by atoms with Crippen molar-refractivity contribution in [2.75, 3.05) is 7.11 Å². The molecule has 0 radical (unpaired) electrons. The van der Waals surface area contributed by atoms with E-state index in [-0.39, 0.29) is 11.3 Å². The standard InChI is InChI=1S/C8H6N2O4/c1-14-6-2-5(4-9)8(11)7(3-6)10(12)13/h2-3,11H,1H3. The molecular formula is C8H6N2O4. The Morgan fingerprint density at radius 3 is 2.71 bits per heavy atom. The van der Waals surface area contributed by atoms with Gasteiger partial charge >= 0.3 is 5.69 Å². The molecule has 0 aromatic heterocycles. The van der Waals surface area contributed by atoms with Gasteiger partial charge in [-0.15, -0.1) is 0 Å². The Balaban J connectivity index is 3.44. The highest BCUT2D eigenvalue weighted by molar-refractivity contribution is 5.59. The van der Waals surface area contributed by atoms with E-state index in [1.54, 1.807) is 6.07 Å². The minimum Gasteiger partial charge on any atom is -0.501 e. The Labute approximate surface area is 79.1 Å². The summed E-state index contributed by atoms with van der Waals surface area (Å²) in [4.78, 5) is 9.66. The molecule has 6 heteroatoms. The Morgan fingerprint density at radius 1 is 1.64 bits per heavy atom. The maximum atomic E-state index is 10.4. The second-order valence-corrected chi connectivity index (χ2v) is 2.41. The third-order valence-corrected chi connectivity index (χ3v) is 1.62. The number of nitrogens with zero attached hydrogens (tertiary/aromatic N) is 2. The molecule has 1 rings (SSSR count). The van der Waals surface area contributed by atoms with Crippen LogP contribution in [0.2, 0.25) is 0 Å². The zero-order valence-corrected chi connectivity index (χ0v) is 7.22. The fraction of sp³-hybridized carbons (Fsp3) is 0.125. The van der Waals surface area contributed by atoms with E-state index in [1.807, 2.05) is 0 Å². The monoisotopic (exact) mass is 194 g/mol. The van der Waals surface area contributed by atoms with Crippen LogP contribution in [-0.4, -0.2) is 17.1 Å². The van der Waals surface area contributed by atoms with Gasteiger partial charge in [0.1, 0.15) is 17.4 Å². The number of methoxy groups -OCH3 is 1. The fourth-order valence-corrected chi connectivity index (χ4v) is 0.936. The maximum Gasteiger partial charge on any atom is 0.315 e. The van der Waals surface area contributed by atoms with E-state index in [2.05, 4.69) is 0 Å². The van der Waals surface area contributed by atoms with E-state index in [0.29, 0.717) is 0 Å². The van der Waals surface area contributed by atoms with Crippen molar-refractivity contribution < 1.29 is 14.8 Å². The Morgan fingerprint density at radius 2 is 2.29 bits per heavy atom. The molecule has 14 heavy (non-hydrogen) atoms. The van der Waals surface area contributed by atoms with Gasteiger partial charge in [-0.25, -0.2) is 0 Å². The summed E-state index contributed by atoms with van der Waals surface area (Å²) in [6.07, 6.45) is 0. The molecular weight excluding hydrogens is 188 g/mol. The first-order valence-corrected chi connectivity index (χ1v) is 3.55. The molecule has 0 aliphatic carbocycles. The van der Waals surface area contributed by atoms with Crippen LogP contribution < -0.4 is 4.74 Å². The van der Waals surface area contributed by atoms with Gasteiger partial charge < -0.3 is 9.84 Å². The quantitative estimate of drug-likeness (QED) is 0.563. The maximum absolute atomic E-state index is 10.4. The van der Waals surface area contributed by atoms with E-state index in [1.165, 1.54) is 13.2 Å². The van der Waals surface area contributed by atoms with Crippen molar-refractivity contribution in [1.29, 1.82) is 5.26 Å². The second kappa shape index (κ2) is 3.62. The van der Waals surface area contributed by atoms with Crippen molar-refractivity contribution >= 4 is 5.69 Å². The number of nitriles is 1. The Kier molecular flexibility index (Phi) is 2.53. The summed E-state index contributed by atoms with van der Waals surface area (Å²) in [5.74, 6) is -0.482. The first-order valence-electron chi connectivity index (χ1n) is 3.55. The van der Waals surface area contributed by atoms with E-state index >= 15 is 0 Å². The van der Waals surface area contributed by atoms with E-state index in [0.717, 1.165) is 6.07 Å². The number of nitro benzene ring substituents is 1. The number of aromatic hydroxyl groups is 1. The second-order valence-electron chi connectivity index (χ2n) is 2.41. The average molecular weight is 194 g/mol. The van der Waals surface area contributed by atoms with Crippen molar-refractivity contribution in [3.05, 3.63) is 27.8 Å². The average Bonchev–Trinajstić information content (AvgIpc) is 2.17. The van der Waals surface area contributed by atoms with Crippen LogP contribution in [0, 0.1) is 21.4 Å². The van der Waals surface area contributed by atoms with E-state index in [4.69, 9.17) is 10.00 Å². The number of hydrogen-bond acceptors (Lipinski definition) is 5. The van der Waals surface area contributed by atoms with E-state index < -0.39 is 16.4 Å². The lowest BCUT2D eigenvalue weighted by molar-refractivity contribution is -0.386. The highest BCUT2D eigenvalue weighted by atomic mass is 16.6. The van der Waals surface area contributed by atoms with Gasteiger partial charge in [0.15, 0.2) is 0 Å². The first kappa shape index (κ1) is 9.80. The van der Waals surface area contributed by atoms with Gasteiger partial charge in [0, 0.05) is 6.07 Å². The molecule has 72 valence electrons. The topological polar surface area (TPSA) is 96.4 Å². The van der Waals surface area contributed by atoms with E-state index in [9.17, 15) is 15.2 Å². The summed E-state index contributed by atoms with van der Waals surface area (Å²) in [6.45, 7) is 0. The number of phenolic OH excluding ortho intramolecular Hbond substituents is 1. The predicted octanol–water partition coefficient (Wildman–Crippen LogP) is 1.18. The number of phenols is 1. The van der Waals surface area contributed by atoms with Crippen LogP contribution in [0.1, 0.15) is 5.56 Å². The zero-order valence-electron chi connectivity index (χ0n) is 7.22. The molecule has 0 unspecified atom stereocenters. The molecule has 1 aromatic rings. The molecule has 0 amide bonds. The number of rotatable bonds is 2. The van der Waals surface area contributed by atoms with Crippen molar-refractivity contribution in [2.24, 2.45) is 0 Å². The Hall–Kier alpha value is -2.29. The van der Waals surface area contributed by atoms with Crippen LogP contribution in [0.3, 0.4) is 0 Å². The predicted molar refractivity (Wildman–Crippen MR) is 46.0 cm³/mol. The Bertz CT molecular complexity index is 422. The van der Waals surface area contributed by atoms with Crippen LogP contribution in [0.4, 0.5) is 5.69 Å². The number of nitro groups is 1. The fourth-order valence-electron chi connectivity index (χ4n) is 0.936. The van der Waals surface area contributed by atoms with Crippen molar-refractivity contribution in [2.45, 2.75) is 0 Å². The molecule has 6 nitrogen and oxygen atoms in total. The van der Waals surface area contributed by atoms with Gasteiger partial charge in [-0.2, -0.15) is 5.26 Å². The van der Waals surface area contributed by atoms with Crippen LogP contribution in [0.5, 0.6) is 11.5 Å². The largest absolute Gasteiger partial charge is 0.501 e. The lowest BCUT2D eigenvalue weighted by Gasteiger charge is -2.02. The molecule has 0 atom stereocenters. The summed E-state index contributed by atoms with van der Waals surface area (Å²) in [7, 11) is 1.32. The van der Waals surface area contributed by atoms with Gasteiger partial charge in [0.05, 0.1) is 18.1 Å². The van der Waals surface area contributed by atoms with Crippen LogP contribution in [0.15, 0.2) is 12.1 Å². The SMILES string of the molecule is COc1cc(C#N)c(O)c([N+](=O)[O-])c1. The van der Waals surface area contributed by atoms with Gasteiger partial charge in [-0.3, -0.25) is 10.1 Å². The van der Waals surface area contributed by atoms with Crippen molar-refractivity contribution in [1.82, 2.24) is 0 Å². The summed E-state index contributed by atoms with van der Waals surface area (Å²) < 4.78 is 4.74. The molecule has 0 spiro atoms. The smallest absolute Gasteiger partial charge is 0.315 e. The molecule has 0 saturated carbocycles. The highest BCUT2D eigenvalue weighted by Crippen LogP contribution is 2.33. The van der Waals surface area contributed by atoms with Crippen LogP contribution in [-0.2, 0) is 0 Å². The molecule has 0 saturated heterocycles. The summed E-state index contributed by atoms with van der Waals surface area (Å²) in [6, 6.07) is 3.91. The third-order valence-electron chi connectivity index (χ3n) is 1.62. The summed E-state index contributed by atoms with van der Waals surface area (Å²) in [5, 5.41) is 28.3. The highest BCUT2D eigenvalue weighted by Gasteiger charge is 2.19. The normalized spacial score (nSPS) is 9.14. The molecule has 0 aliphatic rings. The first-order chi connectivity index (χ1) is 6.60. The van der Waals surface area contributed by atoms with Crippen LogP contribution >= 0.6 is 0 Å². The molecule has 0 heterocycles. The molecule has 0 fully saturated rings. The number of hydrogen-bond donors (Lipinski definition) is 1. The van der Waals surface area contributed by atoms with Crippen molar-refractivity contribution in [3.63, 3.8) is 0 Å². The van der Waals surface area contributed by atoms with Gasteiger partial charge in [-0.1, -0.05) is 0 Å². The molecule has 1 N–H and O–H groups in total. The van der Waals surface area contributed by atoms with Gasteiger partial charge in [0.25, 0.3) is 0 Å². The summed E-state index contributed by atoms with van der Waals surface area (Å²) in [5.41, 5.74) is -0.725. The molecule has 0 bridgehead atoms.